The van der Waals surface area contributed by atoms with Gasteiger partial charge in [-0.25, -0.2) is 10.0 Å². The molecule has 1 heterocycles. The van der Waals surface area contributed by atoms with Crippen LogP contribution in [0.3, 0.4) is 0 Å². The summed E-state index contributed by atoms with van der Waals surface area (Å²) in [6.07, 6.45) is 7.23. The first-order valence-corrected chi connectivity index (χ1v) is 5.69. The van der Waals surface area contributed by atoms with Crippen LogP contribution in [0.1, 0.15) is 33.6 Å². The van der Waals surface area contributed by atoms with Gasteiger partial charge in [-0.1, -0.05) is 26.0 Å². The van der Waals surface area contributed by atoms with Crippen molar-refractivity contribution in [3.8, 4) is 0 Å². The van der Waals surface area contributed by atoms with E-state index in [4.69, 9.17) is 0 Å². The molecule has 1 aliphatic carbocycles. The van der Waals surface area contributed by atoms with Crippen molar-refractivity contribution >= 4 is 0 Å². The highest BCUT2D eigenvalue weighted by Gasteiger charge is 2.40. The summed E-state index contributed by atoms with van der Waals surface area (Å²) < 4.78 is 0. The predicted octanol–water partition coefficient (Wildman–Crippen LogP) is 2.28. The van der Waals surface area contributed by atoms with Gasteiger partial charge in [0.2, 0.25) is 0 Å². The molecule has 2 unspecified atom stereocenters. The Bertz CT molecular complexity index is 235. The monoisotopic (exact) mass is 194 g/mol. The van der Waals surface area contributed by atoms with Gasteiger partial charge in [0.1, 0.15) is 0 Å². The molecule has 1 fully saturated rings. The summed E-state index contributed by atoms with van der Waals surface area (Å²) >= 11 is 0. The molecule has 2 atom stereocenters. The molecule has 0 amide bonds. The molecule has 2 heteroatoms. The Balaban J connectivity index is 2.15. The summed E-state index contributed by atoms with van der Waals surface area (Å²) in [5.41, 5.74) is 0.340. The molecule has 0 radical (unpaired) electrons. The van der Waals surface area contributed by atoms with E-state index >= 15 is 0 Å². The van der Waals surface area contributed by atoms with E-state index in [0.29, 0.717) is 17.5 Å². The van der Waals surface area contributed by atoms with Crippen LogP contribution < -0.4 is 0 Å². The van der Waals surface area contributed by atoms with Crippen LogP contribution >= 0.6 is 0 Å². The first-order chi connectivity index (χ1) is 6.52. The third-order valence-corrected chi connectivity index (χ3v) is 3.80. The highest BCUT2D eigenvalue weighted by atomic mass is 15.7. The van der Waals surface area contributed by atoms with E-state index in [9.17, 15) is 0 Å². The molecule has 1 saturated heterocycles. The average molecular weight is 194 g/mol. The zero-order chi connectivity index (χ0) is 10.3. The molecule has 0 aromatic carbocycles. The smallest absolute Gasteiger partial charge is 0.0368 e. The second-order valence-electron chi connectivity index (χ2n) is 5.37. The molecule has 0 N–H and O–H groups in total. The Labute approximate surface area is 87.5 Å². The maximum absolute atomic E-state index is 2.58. The summed E-state index contributed by atoms with van der Waals surface area (Å²) in [5.74, 6) is 0. The summed E-state index contributed by atoms with van der Waals surface area (Å²) in [4.78, 5) is 0. The molecule has 0 aromatic heterocycles. The van der Waals surface area contributed by atoms with Crippen LogP contribution in [0.2, 0.25) is 0 Å². The number of hydrogen-bond donors (Lipinski definition) is 0. The average Bonchev–Trinajstić information content (AvgIpc) is 2.57. The molecule has 80 valence electrons. The molecule has 1 aliphatic heterocycles. The van der Waals surface area contributed by atoms with Gasteiger partial charge in [-0.2, -0.15) is 0 Å². The van der Waals surface area contributed by atoms with Gasteiger partial charge in [0.05, 0.1) is 0 Å². The van der Waals surface area contributed by atoms with Gasteiger partial charge in [-0.3, -0.25) is 0 Å². The Hall–Kier alpha value is -0.340. The molecular weight excluding hydrogens is 172 g/mol. The summed E-state index contributed by atoms with van der Waals surface area (Å²) in [6.45, 7) is 8.26. The maximum Gasteiger partial charge on any atom is 0.0368 e. The normalized spacial score (nSPS) is 38.3. The van der Waals surface area contributed by atoms with E-state index in [1.54, 1.807) is 0 Å². The Kier molecular flexibility index (Phi) is 2.44. The summed E-state index contributed by atoms with van der Waals surface area (Å²) in [7, 11) is 2.22. The van der Waals surface area contributed by atoms with Crippen LogP contribution in [0, 0.1) is 5.41 Å². The Morgan fingerprint density at radius 3 is 2.50 bits per heavy atom. The molecule has 0 aromatic rings. The Morgan fingerprint density at radius 1 is 1.36 bits per heavy atom. The minimum Gasteiger partial charge on any atom is -0.244 e. The van der Waals surface area contributed by atoms with Gasteiger partial charge in [0.25, 0.3) is 0 Å². The molecule has 2 aliphatic rings. The van der Waals surface area contributed by atoms with Crippen molar-refractivity contribution < 1.29 is 0 Å². The van der Waals surface area contributed by atoms with Gasteiger partial charge >= 0.3 is 0 Å². The largest absolute Gasteiger partial charge is 0.244 e. The van der Waals surface area contributed by atoms with E-state index in [1.807, 2.05) is 0 Å². The van der Waals surface area contributed by atoms with Gasteiger partial charge in [-0.15, -0.1) is 0 Å². The minimum absolute atomic E-state index is 0.340. The molecule has 2 nitrogen and oxygen atoms in total. The van der Waals surface area contributed by atoms with E-state index in [1.165, 1.54) is 19.4 Å². The Morgan fingerprint density at radius 2 is 2.07 bits per heavy atom. The van der Waals surface area contributed by atoms with Crippen LogP contribution in [0.15, 0.2) is 12.2 Å². The highest BCUT2D eigenvalue weighted by molar-refractivity contribution is 5.11. The molecule has 0 spiro atoms. The van der Waals surface area contributed by atoms with Gasteiger partial charge in [0.15, 0.2) is 0 Å². The summed E-state index contributed by atoms with van der Waals surface area (Å²) in [6, 6.07) is 1.38. The highest BCUT2D eigenvalue weighted by Crippen LogP contribution is 2.38. The zero-order valence-electron chi connectivity index (χ0n) is 9.83. The first-order valence-electron chi connectivity index (χ1n) is 5.69. The first kappa shape index (κ1) is 10.2. The van der Waals surface area contributed by atoms with Crippen LogP contribution in [-0.2, 0) is 0 Å². The zero-order valence-corrected chi connectivity index (χ0v) is 9.83. The summed E-state index contributed by atoms with van der Waals surface area (Å²) in [5, 5.41) is 4.99. The lowest BCUT2D eigenvalue weighted by Gasteiger charge is -2.40. The van der Waals surface area contributed by atoms with E-state index in [2.05, 4.69) is 50.0 Å². The SMILES string of the molecule is CC1CCN(C)N1C1CC=CC1(C)C. The van der Waals surface area contributed by atoms with Gasteiger partial charge in [0, 0.05) is 25.7 Å². The third-order valence-electron chi connectivity index (χ3n) is 3.80. The number of rotatable bonds is 1. The van der Waals surface area contributed by atoms with Gasteiger partial charge in [-0.05, 0) is 25.2 Å². The van der Waals surface area contributed by atoms with E-state index in [0.717, 1.165) is 0 Å². The van der Waals surface area contributed by atoms with Crippen LogP contribution in [0.4, 0.5) is 0 Å². The number of hydrazine groups is 1. The van der Waals surface area contributed by atoms with Crippen LogP contribution in [0.5, 0.6) is 0 Å². The lowest BCUT2D eigenvalue weighted by atomic mass is 9.87. The second kappa shape index (κ2) is 3.35. The fourth-order valence-corrected chi connectivity index (χ4v) is 2.87. The predicted molar refractivity (Wildman–Crippen MR) is 59.9 cm³/mol. The molecule has 0 saturated carbocycles. The lowest BCUT2D eigenvalue weighted by molar-refractivity contribution is -0.0449. The topological polar surface area (TPSA) is 6.48 Å². The molecular formula is C12H22N2. The standard InChI is InChI=1S/C12H22N2/c1-10-7-9-13(4)14(10)11-6-5-8-12(11,2)3/h5,8,10-11H,6-7,9H2,1-4H3. The van der Waals surface area contributed by atoms with Crippen LogP contribution in [0.25, 0.3) is 0 Å². The minimum atomic E-state index is 0.340. The fraction of sp³-hybridized carbons (Fsp3) is 0.833. The molecule has 2 rings (SSSR count). The van der Waals surface area contributed by atoms with Crippen LogP contribution in [-0.4, -0.2) is 35.7 Å². The fourth-order valence-electron chi connectivity index (χ4n) is 2.87. The van der Waals surface area contributed by atoms with Crippen molar-refractivity contribution in [2.24, 2.45) is 5.41 Å². The van der Waals surface area contributed by atoms with E-state index < -0.39 is 0 Å². The maximum atomic E-state index is 2.58. The van der Waals surface area contributed by atoms with Crippen molar-refractivity contribution in [3.05, 3.63) is 12.2 Å². The molecule has 14 heavy (non-hydrogen) atoms. The van der Waals surface area contributed by atoms with E-state index in [-0.39, 0.29) is 0 Å². The van der Waals surface area contributed by atoms with Crippen molar-refractivity contribution in [3.63, 3.8) is 0 Å². The molecule has 0 bridgehead atoms. The third kappa shape index (κ3) is 1.51. The van der Waals surface area contributed by atoms with Crippen molar-refractivity contribution in [2.75, 3.05) is 13.6 Å². The lowest BCUT2D eigenvalue weighted by Crippen LogP contribution is -2.49. The number of nitrogens with zero attached hydrogens (tertiary/aromatic N) is 2. The number of hydrogen-bond acceptors (Lipinski definition) is 2. The van der Waals surface area contributed by atoms with Crippen molar-refractivity contribution in [1.29, 1.82) is 0 Å². The van der Waals surface area contributed by atoms with Crippen molar-refractivity contribution in [1.82, 2.24) is 10.0 Å². The second-order valence-corrected chi connectivity index (χ2v) is 5.37. The van der Waals surface area contributed by atoms with Gasteiger partial charge < -0.3 is 0 Å². The quantitative estimate of drug-likeness (QED) is 0.591. The van der Waals surface area contributed by atoms with Crippen molar-refractivity contribution in [2.45, 2.75) is 45.7 Å².